The summed E-state index contributed by atoms with van der Waals surface area (Å²) in [6.07, 6.45) is 2.69. The van der Waals surface area contributed by atoms with Gasteiger partial charge in [-0.2, -0.15) is 13.0 Å². The van der Waals surface area contributed by atoms with Gasteiger partial charge < -0.3 is 21.9 Å². The van der Waals surface area contributed by atoms with Gasteiger partial charge in [0.15, 0.2) is 0 Å². The van der Waals surface area contributed by atoms with E-state index in [2.05, 4.69) is 13.0 Å². The molecule has 0 radical (unpaired) electrons. The van der Waals surface area contributed by atoms with Gasteiger partial charge in [0, 0.05) is 6.07 Å². The third kappa shape index (κ3) is 5.23. The summed E-state index contributed by atoms with van der Waals surface area (Å²) >= 11 is 0. The van der Waals surface area contributed by atoms with Gasteiger partial charge in [0.05, 0.1) is 5.75 Å². The summed E-state index contributed by atoms with van der Waals surface area (Å²) in [5.41, 5.74) is 2.07. The van der Waals surface area contributed by atoms with Crippen LogP contribution in [0.15, 0.2) is 42.5 Å². The average Bonchev–Trinajstić information content (AvgIpc) is 2.48. The Labute approximate surface area is 145 Å². The Morgan fingerprint density at radius 3 is 2.57 bits per heavy atom. The van der Waals surface area contributed by atoms with Gasteiger partial charge in [0.1, 0.15) is 11.5 Å². The summed E-state index contributed by atoms with van der Waals surface area (Å²) in [5.74, 6) is 1.21. The molecule has 0 unspecified atom stereocenters. The van der Waals surface area contributed by atoms with E-state index in [0.29, 0.717) is 6.42 Å². The van der Waals surface area contributed by atoms with E-state index < -0.39 is 0 Å². The summed E-state index contributed by atoms with van der Waals surface area (Å²) in [5, 5.41) is 17.9. The van der Waals surface area contributed by atoms with Crippen molar-refractivity contribution < 1.29 is 42.2 Å². The SMILES string of the molecule is [CH2-]Cc1ccc(O)cc1O.[Cd+2].c1ccc2c(c1)CC[CH-]O2. The largest absolute Gasteiger partial charge is 2.00 e. The number of hydrogen-bond donors (Lipinski definition) is 2. The van der Waals surface area contributed by atoms with Crippen LogP contribution in [0.25, 0.3) is 0 Å². The number of aryl methyl sites for hydroxylation is 1. The second-order valence-electron chi connectivity index (χ2n) is 4.49. The van der Waals surface area contributed by atoms with E-state index in [4.69, 9.17) is 14.9 Å². The molecule has 0 spiro atoms. The van der Waals surface area contributed by atoms with Crippen LogP contribution in [0.5, 0.6) is 17.2 Å². The summed E-state index contributed by atoms with van der Waals surface area (Å²) < 4.78 is 5.30. The Kier molecular flexibility index (Phi) is 7.57. The molecule has 2 aromatic carbocycles. The number of hydrogen-bond acceptors (Lipinski definition) is 3. The van der Waals surface area contributed by atoms with Crippen molar-refractivity contribution in [2.75, 3.05) is 0 Å². The molecule has 0 atom stereocenters. The van der Waals surface area contributed by atoms with Gasteiger partial charge in [-0.25, -0.2) is 0 Å². The van der Waals surface area contributed by atoms with Crippen LogP contribution in [0.1, 0.15) is 17.5 Å². The molecule has 4 heteroatoms. The predicted octanol–water partition coefficient (Wildman–Crippen LogP) is 3.65. The molecule has 2 aromatic rings. The van der Waals surface area contributed by atoms with Crippen molar-refractivity contribution in [3.05, 3.63) is 67.1 Å². The number of phenolic OH excluding ortho intramolecular Hbond substituents is 2. The molecule has 1 aliphatic rings. The Morgan fingerprint density at radius 2 is 1.90 bits per heavy atom. The minimum Gasteiger partial charge on any atom is -0.662 e. The van der Waals surface area contributed by atoms with Crippen LogP contribution < -0.4 is 4.74 Å². The Hall–Kier alpha value is -1.24. The molecule has 0 amide bonds. The molecule has 0 saturated carbocycles. The summed E-state index contributed by atoms with van der Waals surface area (Å²) in [6, 6.07) is 12.7. The van der Waals surface area contributed by atoms with E-state index in [-0.39, 0.29) is 38.8 Å². The minimum atomic E-state index is 0. The molecule has 2 N–H and O–H groups in total. The van der Waals surface area contributed by atoms with Crippen LogP contribution >= 0.6 is 0 Å². The molecule has 0 bridgehead atoms. The molecule has 21 heavy (non-hydrogen) atoms. The molecule has 106 valence electrons. The van der Waals surface area contributed by atoms with Gasteiger partial charge in [0.2, 0.25) is 0 Å². The minimum absolute atomic E-state index is 0. The molecule has 0 aliphatic carbocycles. The van der Waals surface area contributed by atoms with E-state index >= 15 is 0 Å². The van der Waals surface area contributed by atoms with Crippen molar-refractivity contribution in [3.8, 4) is 17.2 Å². The second-order valence-corrected chi connectivity index (χ2v) is 4.49. The van der Waals surface area contributed by atoms with Crippen LogP contribution in [-0.4, -0.2) is 10.2 Å². The fraction of sp³-hybridized carbons (Fsp3) is 0.176. The third-order valence-electron chi connectivity index (χ3n) is 3.05. The first-order valence-electron chi connectivity index (χ1n) is 6.57. The quantitative estimate of drug-likeness (QED) is 0.585. The normalized spacial score (nSPS) is 12.0. The first-order chi connectivity index (χ1) is 9.70. The van der Waals surface area contributed by atoms with Crippen molar-refractivity contribution >= 4 is 0 Å². The molecule has 1 heterocycles. The van der Waals surface area contributed by atoms with Crippen molar-refractivity contribution in [1.82, 2.24) is 0 Å². The fourth-order valence-electron chi connectivity index (χ4n) is 1.95. The first kappa shape index (κ1) is 17.8. The zero-order chi connectivity index (χ0) is 14.4. The Morgan fingerprint density at radius 1 is 1.14 bits per heavy atom. The number of ether oxygens (including phenoxy) is 1. The van der Waals surface area contributed by atoms with Gasteiger partial charge in [-0.15, -0.1) is 6.42 Å². The van der Waals surface area contributed by atoms with Crippen LogP contribution in [0.2, 0.25) is 0 Å². The van der Waals surface area contributed by atoms with Crippen molar-refractivity contribution in [2.45, 2.75) is 19.3 Å². The molecular formula is C17H18CdO3. The molecule has 3 nitrogen and oxygen atoms in total. The summed E-state index contributed by atoms with van der Waals surface area (Å²) in [4.78, 5) is 0. The topological polar surface area (TPSA) is 49.7 Å². The molecular weight excluding hydrogens is 365 g/mol. The monoisotopic (exact) mass is 384 g/mol. The van der Waals surface area contributed by atoms with Gasteiger partial charge in [-0.1, -0.05) is 24.3 Å². The number of fused-ring (bicyclic) bond motifs is 1. The number of phenols is 2. The first-order valence-corrected chi connectivity index (χ1v) is 6.57. The fourth-order valence-corrected chi connectivity index (χ4v) is 1.95. The number of aromatic hydroxyl groups is 2. The van der Waals surface area contributed by atoms with E-state index in [1.54, 1.807) is 6.07 Å². The van der Waals surface area contributed by atoms with Crippen molar-refractivity contribution in [1.29, 1.82) is 0 Å². The summed E-state index contributed by atoms with van der Waals surface area (Å²) in [7, 11) is 0. The third-order valence-corrected chi connectivity index (χ3v) is 3.05. The average molecular weight is 383 g/mol. The zero-order valence-electron chi connectivity index (χ0n) is 12.0. The van der Waals surface area contributed by atoms with Crippen LogP contribution in [0.4, 0.5) is 0 Å². The summed E-state index contributed by atoms with van der Waals surface area (Å²) in [6.45, 7) is 5.47. The van der Waals surface area contributed by atoms with Gasteiger partial charge in [0.25, 0.3) is 0 Å². The maximum atomic E-state index is 9.09. The van der Waals surface area contributed by atoms with E-state index in [1.807, 2.05) is 24.8 Å². The second kappa shape index (κ2) is 8.92. The number of para-hydroxylation sites is 1. The standard InChI is InChI=1S/C9H9O.C8H9O2.Cd/c1-2-6-9-8(4-1)5-3-7-10-9;1-2-6-3-4-7(9)5-8(6)10;/h1-2,4,6-7H,3,5H2;3-5,9-10H,1-2H2;/q2*-1;+2. The number of benzene rings is 2. The van der Waals surface area contributed by atoms with E-state index in [1.165, 1.54) is 17.7 Å². The van der Waals surface area contributed by atoms with Gasteiger partial charge >= 0.3 is 27.3 Å². The van der Waals surface area contributed by atoms with Crippen LogP contribution in [-0.2, 0) is 40.1 Å². The molecule has 0 fully saturated rings. The molecule has 0 aromatic heterocycles. The number of rotatable bonds is 1. The van der Waals surface area contributed by atoms with Crippen molar-refractivity contribution in [3.63, 3.8) is 0 Å². The van der Waals surface area contributed by atoms with Crippen LogP contribution in [0, 0.1) is 13.5 Å². The smallest absolute Gasteiger partial charge is 0.662 e. The maximum absolute atomic E-state index is 9.09. The Balaban J connectivity index is 0.000000200. The van der Waals surface area contributed by atoms with E-state index in [9.17, 15) is 0 Å². The van der Waals surface area contributed by atoms with E-state index in [0.717, 1.165) is 24.2 Å². The van der Waals surface area contributed by atoms with Gasteiger partial charge in [-0.05, 0) is 29.7 Å². The van der Waals surface area contributed by atoms with Crippen molar-refractivity contribution in [2.24, 2.45) is 0 Å². The van der Waals surface area contributed by atoms with Crippen LogP contribution in [0.3, 0.4) is 0 Å². The molecule has 1 aliphatic heterocycles. The zero-order valence-corrected chi connectivity index (χ0v) is 16.0. The molecule has 0 saturated heterocycles. The predicted molar refractivity (Wildman–Crippen MR) is 78.5 cm³/mol. The molecule has 3 rings (SSSR count). The van der Waals surface area contributed by atoms with Gasteiger partial charge in [-0.3, -0.25) is 0 Å². The maximum Gasteiger partial charge on any atom is 2.00 e. The Bertz CT molecular complexity index is 545.